The monoisotopic (exact) mass is 606 g/mol. The quantitative estimate of drug-likeness (QED) is 0.115. The number of benzene rings is 3. The van der Waals surface area contributed by atoms with Crippen LogP contribution < -0.4 is 16.0 Å². The Bertz CT molecular complexity index is 1790. The summed E-state index contributed by atoms with van der Waals surface area (Å²) < 4.78 is 11.0. The van der Waals surface area contributed by atoms with Crippen molar-refractivity contribution >= 4 is 47.1 Å². The molecule has 222 valence electrons. The Hall–Kier alpha value is -5.35. The average Bonchev–Trinajstić information content (AvgIpc) is 3.67. The molecule has 44 heavy (non-hydrogen) atoms. The van der Waals surface area contributed by atoms with Crippen LogP contribution in [0.25, 0.3) is 17.4 Å². The van der Waals surface area contributed by atoms with Gasteiger partial charge < -0.3 is 24.9 Å². The van der Waals surface area contributed by atoms with Crippen molar-refractivity contribution < 1.29 is 23.3 Å². The molecule has 2 heterocycles. The normalized spacial score (nSPS) is 11.9. The van der Waals surface area contributed by atoms with Crippen molar-refractivity contribution in [1.29, 1.82) is 0 Å². The second-order valence-electron chi connectivity index (χ2n) is 10.00. The number of aromatic nitrogens is 1. The van der Waals surface area contributed by atoms with Gasteiger partial charge in [0, 0.05) is 33.9 Å². The highest BCUT2D eigenvalue weighted by molar-refractivity contribution is 8.00. The molecule has 0 radical (unpaired) electrons. The van der Waals surface area contributed by atoms with Crippen molar-refractivity contribution in [3.8, 4) is 11.3 Å². The number of furan rings is 1. The van der Waals surface area contributed by atoms with E-state index >= 15 is 0 Å². The number of hydrogen-bond donors (Lipinski definition) is 3. The van der Waals surface area contributed by atoms with Gasteiger partial charge in [-0.15, -0.1) is 11.8 Å². The molecule has 0 spiro atoms. The molecule has 9 nitrogen and oxygen atoms in total. The van der Waals surface area contributed by atoms with Crippen LogP contribution in [0.3, 0.4) is 0 Å². The molecule has 5 aromatic rings. The summed E-state index contributed by atoms with van der Waals surface area (Å²) >= 11 is 1.36. The van der Waals surface area contributed by atoms with Crippen LogP contribution in [0.1, 0.15) is 34.4 Å². The van der Waals surface area contributed by atoms with E-state index in [0.717, 1.165) is 16.0 Å². The van der Waals surface area contributed by atoms with Gasteiger partial charge in [-0.3, -0.25) is 14.4 Å². The molecule has 0 fully saturated rings. The van der Waals surface area contributed by atoms with Crippen LogP contribution in [0.15, 0.2) is 117 Å². The first-order valence-electron chi connectivity index (χ1n) is 13.8. The Balaban J connectivity index is 1.29. The second-order valence-corrected chi connectivity index (χ2v) is 11.4. The number of nitrogens with zero attached hydrogens (tertiary/aromatic N) is 1. The van der Waals surface area contributed by atoms with E-state index in [9.17, 15) is 14.4 Å². The maximum atomic E-state index is 13.4. The zero-order valence-corrected chi connectivity index (χ0v) is 25.1. The zero-order chi connectivity index (χ0) is 31.1. The summed E-state index contributed by atoms with van der Waals surface area (Å²) in [6, 6.07) is 28.8. The lowest BCUT2D eigenvalue weighted by Crippen LogP contribution is -2.30. The fraction of sp³-hybridized carbons (Fsp3) is 0.118. The van der Waals surface area contributed by atoms with Crippen molar-refractivity contribution in [1.82, 2.24) is 10.5 Å². The van der Waals surface area contributed by atoms with E-state index in [1.807, 2.05) is 43.3 Å². The number of hydrogen-bond acceptors (Lipinski definition) is 7. The molecular weight excluding hydrogens is 576 g/mol. The highest BCUT2D eigenvalue weighted by Gasteiger charge is 2.18. The largest absolute Gasteiger partial charge is 0.457 e. The fourth-order valence-corrected chi connectivity index (χ4v) is 4.98. The van der Waals surface area contributed by atoms with E-state index in [1.165, 1.54) is 17.8 Å². The first-order chi connectivity index (χ1) is 21.2. The van der Waals surface area contributed by atoms with E-state index < -0.39 is 17.1 Å². The van der Waals surface area contributed by atoms with Gasteiger partial charge in [-0.2, -0.15) is 0 Å². The van der Waals surface area contributed by atoms with Gasteiger partial charge in [-0.1, -0.05) is 53.2 Å². The van der Waals surface area contributed by atoms with Crippen molar-refractivity contribution in [2.75, 3.05) is 10.6 Å². The summed E-state index contributed by atoms with van der Waals surface area (Å²) in [7, 11) is 0. The van der Waals surface area contributed by atoms with E-state index in [1.54, 1.807) is 74.5 Å². The highest BCUT2D eigenvalue weighted by Crippen LogP contribution is 2.27. The number of aryl methyl sites for hydroxylation is 2. The molecule has 0 saturated carbocycles. The minimum absolute atomic E-state index is 0.00972. The van der Waals surface area contributed by atoms with Crippen LogP contribution in [0, 0.1) is 13.8 Å². The minimum Gasteiger partial charge on any atom is -0.457 e. The third kappa shape index (κ3) is 7.93. The van der Waals surface area contributed by atoms with Crippen LogP contribution in [-0.2, 0) is 9.59 Å². The third-order valence-corrected chi connectivity index (χ3v) is 7.56. The first-order valence-corrected chi connectivity index (χ1v) is 14.7. The first kappa shape index (κ1) is 30.1. The zero-order valence-electron chi connectivity index (χ0n) is 24.3. The SMILES string of the molecule is Cc1ccc(-c2ccc(/C=C(\NC(=O)c3ccccc3)C(=O)Nc3ccc(S[C@@H](C)C(=O)Nc4cc(C)on4)cc3)o2)cc1. The van der Waals surface area contributed by atoms with Gasteiger partial charge in [0.15, 0.2) is 5.82 Å². The Labute approximate surface area is 258 Å². The van der Waals surface area contributed by atoms with Crippen LogP contribution >= 0.6 is 11.8 Å². The summed E-state index contributed by atoms with van der Waals surface area (Å²) in [6.07, 6.45) is 1.49. The molecule has 3 N–H and O–H groups in total. The number of rotatable bonds is 10. The molecule has 1 atom stereocenters. The average molecular weight is 607 g/mol. The van der Waals surface area contributed by atoms with Crippen LogP contribution in [0.5, 0.6) is 0 Å². The summed E-state index contributed by atoms with van der Waals surface area (Å²) in [5.41, 5.74) is 2.95. The number of nitrogens with one attached hydrogen (secondary N) is 3. The number of amides is 3. The molecule has 0 bridgehead atoms. The van der Waals surface area contributed by atoms with E-state index in [0.29, 0.717) is 34.3 Å². The highest BCUT2D eigenvalue weighted by atomic mass is 32.2. The van der Waals surface area contributed by atoms with E-state index in [2.05, 4.69) is 21.1 Å². The topological polar surface area (TPSA) is 126 Å². The van der Waals surface area contributed by atoms with Gasteiger partial charge in [-0.25, -0.2) is 0 Å². The summed E-state index contributed by atoms with van der Waals surface area (Å²) in [5, 5.41) is 11.6. The summed E-state index contributed by atoms with van der Waals surface area (Å²) in [6.45, 7) is 5.54. The lowest BCUT2D eigenvalue weighted by molar-refractivity contribution is -0.115. The van der Waals surface area contributed by atoms with E-state index in [4.69, 9.17) is 8.94 Å². The van der Waals surface area contributed by atoms with Crippen LogP contribution in [-0.4, -0.2) is 28.1 Å². The molecule has 3 amide bonds. The predicted molar refractivity (Wildman–Crippen MR) is 171 cm³/mol. The van der Waals surface area contributed by atoms with Gasteiger partial charge in [0.25, 0.3) is 11.8 Å². The standard InChI is InChI=1S/C34H30N4O5S/c1-21-9-11-24(12-10-21)30-18-15-27(42-30)20-29(36-33(40)25-7-5-4-6-8-25)34(41)35-26-13-16-28(17-14-26)44-23(3)32(39)37-31-19-22(2)43-38-31/h4-20,23H,1-3H3,(H,35,41)(H,36,40)(H,37,38,39)/b29-20-/t23-/m0/s1. The van der Waals surface area contributed by atoms with Crippen LogP contribution in [0.4, 0.5) is 11.5 Å². The molecular formula is C34H30N4O5S. The fourth-order valence-electron chi connectivity index (χ4n) is 4.11. The second kappa shape index (κ2) is 13.7. The molecule has 10 heteroatoms. The van der Waals surface area contributed by atoms with Gasteiger partial charge in [-0.05, 0) is 69.3 Å². The Morgan fingerprint density at radius 3 is 2.27 bits per heavy atom. The number of thioether (sulfide) groups is 1. The number of carbonyl (C=O) groups excluding carboxylic acids is 3. The maximum absolute atomic E-state index is 13.4. The van der Waals surface area contributed by atoms with Gasteiger partial charge >= 0.3 is 0 Å². The Morgan fingerprint density at radius 2 is 1.59 bits per heavy atom. The molecule has 0 aliphatic heterocycles. The molecule has 0 unspecified atom stereocenters. The Morgan fingerprint density at radius 1 is 0.864 bits per heavy atom. The van der Waals surface area contributed by atoms with Crippen molar-refractivity contribution in [2.45, 2.75) is 30.9 Å². The smallest absolute Gasteiger partial charge is 0.272 e. The summed E-state index contributed by atoms with van der Waals surface area (Å²) in [4.78, 5) is 39.7. The molecule has 2 aromatic heterocycles. The van der Waals surface area contributed by atoms with Gasteiger partial charge in [0.1, 0.15) is 23.0 Å². The van der Waals surface area contributed by atoms with Crippen molar-refractivity contribution in [2.24, 2.45) is 0 Å². The van der Waals surface area contributed by atoms with Crippen molar-refractivity contribution in [3.63, 3.8) is 0 Å². The lowest BCUT2D eigenvalue weighted by atomic mass is 10.1. The third-order valence-electron chi connectivity index (χ3n) is 6.45. The molecule has 5 rings (SSSR count). The minimum atomic E-state index is -0.529. The predicted octanol–water partition coefficient (Wildman–Crippen LogP) is 7.08. The van der Waals surface area contributed by atoms with Gasteiger partial charge in [0.2, 0.25) is 5.91 Å². The molecule has 0 aliphatic rings. The van der Waals surface area contributed by atoms with Crippen LogP contribution in [0.2, 0.25) is 0 Å². The van der Waals surface area contributed by atoms with E-state index in [-0.39, 0.29) is 11.6 Å². The number of carbonyl (C=O) groups is 3. The number of anilines is 2. The van der Waals surface area contributed by atoms with Gasteiger partial charge in [0.05, 0.1) is 5.25 Å². The maximum Gasteiger partial charge on any atom is 0.272 e. The molecule has 0 aliphatic carbocycles. The lowest BCUT2D eigenvalue weighted by Gasteiger charge is -2.12. The Kier molecular flexibility index (Phi) is 9.41. The summed E-state index contributed by atoms with van der Waals surface area (Å²) in [5.74, 6) is 0.828. The van der Waals surface area contributed by atoms with Crippen molar-refractivity contribution in [3.05, 3.63) is 125 Å². The molecule has 0 saturated heterocycles. The molecule has 3 aromatic carbocycles.